The number of aliphatic hydroxyl groups excluding tert-OH is 1. The van der Waals surface area contributed by atoms with Crippen molar-refractivity contribution in [3.8, 4) is 0 Å². The van der Waals surface area contributed by atoms with Crippen molar-refractivity contribution in [2.24, 2.45) is 40.4 Å². The second-order valence-corrected chi connectivity index (χ2v) is 13.4. The van der Waals surface area contributed by atoms with E-state index in [9.17, 15) is 9.90 Å². The smallest absolute Gasteiger partial charge is 0.258 e. The van der Waals surface area contributed by atoms with E-state index >= 15 is 0 Å². The maximum atomic E-state index is 12.5. The lowest BCUT2D eigenvalue weighted by Crippen LogP contribution is -2.57. The Morgan fingerprint density at radius 3 is 2.77 bits per heavy atom. The molecule has 6 rings (SSSR count). The minimum atomic E-state index is -0.0977. The molecule has 8 unspecified atom stereocenters. The number of aryl methyl sites for hydroxylation is 1. The Bertz CT molecular complexity index is 1160. The fourth-order valence-corrected chi connectivity index (χ4v) is 9.80. The van der Waals surface area contributed by atoms with E-state index in [0.29, 0.717) is 44.9 Å². The van der Waals surface area contributed by atoms with Gasteiger partial charge in [0.05, 0.1) is 17.0 Å². The minimum Gasteiger partial charge on any atom is -0.393 e. The number of aliphatic hydroxyl groups is 1. The van der Waals surface area contributed by atoms with Gasteiger partial charge in [-0.05, 0) is 116 Å². The number of nitrogens with zero attached hydrogens (tertiary/aromatic N) is 1. The van der Waals surface area contributed by atoms with Crippen LogP contribution in [0, 0.1) is 40.4 Å². The lowest BCUT2D eigenvalue weighted by molar-refractivity contribution is -0.162. The molecule has 4 aliphatic carbocycles. The molecule has 0 bridgehead atoms. The largest absolute Gasteiger partial charge is 0.393 e. The van der Waals surface area contributed by atoms with Crippen molar-refractivity contribution in [3.05, 3.63) is 39.4 Å². The Hall–Kier alpha value is -1.39. The maximum absolute atomic E-state index is 12.5. The highest BCUT2D eigenvalue weighted by Crippen LogP contribution is 2.67. The van der Waals surface area contributed by atoms with Crippen LogP contribution >= 0.6 is 11.6 Å². The van der Waals surface area contributed by atoms with E-state index in [1.165, 1.54) is 57.8 Å². The first kappa shape index (κ1) is 24.0. The van der Waals surface area contributed by atoms with Crippen molar-refractivity contribution in [2.45, 2.75) is 97.0 Å². The number of hydrogen-bond donors (Lipinski definition) is 2. The van der Waals surface area contributed by atoms with Crippen LogP contribution in [-0.2, 0) is 6.42 Å². The normalized spacial score (nSPS) is 40.8. The molecular formula is C30H41ClN2O2. The fourth-order valence-electron chi connectivity index (χ4n) is 9.63. The average molecular weight is 497 g/mol. The number of aromatic amines is 1. The molecule has 1 aromatic heterocycles. The molecule has 4 fully saturated rings. The topological polar surface area (TPSA) is 66.0 Å². The summed E-state index contributed by atoms with van der Waals surface area (Å²) in [6, 6.07) is 5.33. The van der Waals surface area contributed by atoms with E-state index in [1.54, 1.807) is 12.1 Å². The predicted molar refractivity (Wildman–Crippen MR) is 142 cm³/mol. The number of hydrogen-bond acceptors (Lipinski definition) is 3. The van der Waals surface area contributed by atoms with Crippen molar-refractivity contribution in [1.29, 1.82) is 0 Å². The zero-order valence-electron chi connectivity index (χ0n) is 21.4. The van der Waals surface area contributed by atoms with E-state index in [0.717, 1.165) is 36.5 Å². The van der Waals surface area contributed by atoms with E-state index < -0.39 is 0 Å². The number of rotatable bonds is 4. The highest BCUT2D eigenvalue weighted by Gasteiger charge is 2.61. The highest BCUT2D eigenvalue weighted by atomic mass is 35.5. The molecule has 4 aliphatic rings. The van der Waals surface area contributed by atoms with Gasteiger partial charge in [-0.25, -0.2) is 4.98 Å². The number of fused-ring (bicyclic) bond motifs is 6. The molecule has 2 aromatic rings. The van der Waals surface area contributed by atoms with E-state index in [2.05, 4.69) is 18.8 Å². The summed E-state index contributed by atoms with van der Waals surface area (Å²) in [6.07, 6.45) is 14.6. The van der Waals surface area contributed by atoms with E-state index in [-0.39, 0.29) is 11.7 Å². The number of nitrogens with one attached hydrogen (secondary N) is 1. The molecule has 0 radical (unpaired) electrons. The summed E-state index contributed by atoms with van der Waals surface area (Å²) in [5, 5.41) is 12.5. The fraction of sp³-hybridized carbons (Fsp3) is 0.733. The quantitative estimate of drug-likeness (QED) is 0.482. The molecule has 190 valence electrons. The molecule has 2 N–H and O–H groups in total. The molecule has 0 saturated heterocycles. The van der Waals surface area contributed by atoms with Crippen LogP contribution in [0.1, 0.15) is 90.3 Å². The van der Waals surface area contributed by atoms with Gasteiger partial charge < -0.3 is 10.1 Å². The molecule has 8 atom stereocenters. The first-order valence-electron chi connectivity index (χ1n) is 14.2. The first-order chi connectivity index (χ1) is 16.8. The van der Waals surface area contributed by atoms with Gasteiger partial charge in [0.2, 0.25) is 0 Å². The first-order valence-corrected chi connectivity index (χ1v) is 14.5. The summed E-state index contributed by atoms with van der Waals surface area (Å²) in [4.78, 5) is 20.2. The van der Waals surface area contributed by atoms with Gasteiger partial charge >= 0.3 is 0 Å². The van der Waals surface area contributed by atoms with Crippen LogP contribution in [0.2, 0.25) is 5.02 Å². The van der Waals surface area contributed by atoms with Gasteiger partial charge in [-0.15, -0.1) is 0 Å². The van der Waals surface area contributed by atoms with Crippen LogP contribution < -0.4 is 5.56 Å². The molecule has 1 aromatic carbocycles. The molecule has 0 spiro atoms. The van der Waals surface area contributed by atoms with Crippen LogP contribution in [0.5, 0.6) is 0 Å². The second kappa shape index (κ2) is 8.87. The van der Waals surface area contributed by atoms with Gasteiger partial charge in [0.1, 0.15) is 5.82 Å². The van der Waals surface area contributed by atoms with Crippen LogP contribution in [-0.4, -0.2) is 21.2 Å². The summed E-state index contributed by atoms with van der Waals surface area (Å²) in [7, 11) is 0. The zero-order chi connectivity index (χ0) is 24.4. The minimum absolute atomic E-state index is 0.0973. The molecule has 35 heavy (non-hydrogen) atoms. The molecule has 0 aliphatic heterocycles. The van der Waals surface area contributed by atoms with Crippen molar-refractivity contribution >= 4 is 22.5 Å². The molecule has 1 heterocycles. The Morgan fingerprint density at radius 2 is 1.91 bits per heavy atom. The lowest BCUT2D eigenvalue weighted by atomic mass is 9.44. The van der Waals surface area contributed by atoms with Crippen LogP contribution in [0.4, 0.5) is 0 Å². The monoisotopic (exact) mass is 496 g/mol. The Morgan fingerprint density at radius 1 is 1.09 bits per heavy atom. The molecule has 5 heteroatoms. The third-order valence-electron chi connectivity index (χ3n) is 11.5. The third kappa shape index (κ3) is 3.89. The summed E-state index contributed by atoms with van der Waals surface area (Å²) in [5.41, 5.74) is 1.43. The van der Waals surface area contributed by atoms with Crippen molar-refractivity contribution in [3.63, 3.8) is 0 Å². The summed E-state index contributed by atoms with van der Waals surface area (Å²) < 4.78 is 0. The summed E-state index contributed by atoms with van der Waals surface area (Å²) in [5.74, 6) is 4.12. The van der Waals surface area contributed by atoms with Crippen molar-refractivity contribution < 1.29 is 5.11 Å². The predicted octanol–water partition coefficient (Wildman–Crippen LogP) is 6.92. The van der Waals surface area contributed by atoms with Crippen LogP contribution in [0.15, 0.2) is 23.0 Å². The van der Waals surface area contributed by atoms with Crippen molar-refractivity contribution in [1.82, 2.24) is 9.97 Å². The van der Waals surface area contributed by atoms with Crippen LogP contribution in [0.3, 0.4) is 0 Å². The third-order valence-corrected chi connectivity index (χ3v) is 11.7. The Kier molecular flexibility index (Phi) is 6.08. The summed E-state index contributed by atoms with van der Waals surface area (Å²) >= 11 is 6.05. The molecule has 4 saturated carbocycles. The van der Waals surface area contributed by atoms with Gasteiger partial charge in [-0.3, -0.25) is 4.79 Å². The van der Waals surface area contributed by atoms with Gasteiger partial charge in [0, 0.05) is 11.4 Å². The average Bonchev–Trinajstić information content (AvgIpc) is 3.16. The van der Waals surface area contributed by atoms with E-state index in [1.807, 2.05) is 6.07 Å². The lowest BCUT2D eigenvalue weighted by Gasteiger charge is -2.62. The van der Waals surface area contributed by atoms with Gasteiger partial charge in [-0.2, -0.15) is 0 Å². The second-order valence-electron chi connectivity index (χ2n) is 12.9. The standard InChI is InChI=1S/C30H41ClN2O2/c1-29-14-4-3-6-19(29)16-25(34)27-22-11-9-18(30(22,2)15-13-23(27)29)7-5-8-26-32-24-12-10-20(31)17-21(24)28(35)33-26/h10,12,17-19,22-23,25,27,34H,3-9,11,13-16H2,1-2H3,(H,32,33,35). The zero-order valence-corrected chi connectivity index (χ0v) is 22.1. The molecule has 0 amide bonds. The van der Waals surface area contributed by atoms with Crippen LogP contribution in [0.25, 0.3) is 10.9 Å². The number of benzene rings is 1. The number of aromatic nitrogens is 2. The van der Waals surface area contributed by atoms with Gasteiger partial charge in [0.15, 0.2) is 0 Å². The number of halogens is 1. The Balaban J connectivity index is 1.15. The molecular weight excluding hydrogens is 456 g/mol. The number of H-pyrrole nitrogens is 1. The SMILES string of the molecule is CC12CCC3C(C(O)CC4CCCCC43C)C1CCC2CCCc1nc2ccc(Cl)cc2c(=O)[nH]1. The van der Waals surface area contributed by atoms with Gasteiger partial charge in [0.25, 0.3) is 5.56 Å². The molecule has 4 nitrogen and oxygen atoms in total. The maximum Gasteiger partial charge on any atom is 0.258 e. The Labute approximate surface area is 214 Å². The van der Waals surface area contributed by atoms with Crippen molar-refractivity contribution in [2.75, 3.05) is 0 Å². The van der Waals surface area contributed by atoms with Gasteiger partial charge in [-0.1, -0.05) is 38.3 Å². The highest BCUT2D eigenvalue weighted by molar-refractivity contribution is 6.31. The summed E-state index contributed by atoms with van der Waals surface area (Å²) in [6.45, 7) is 5.13. The van der Waals surface area contributed by atoms with E-state index in [4.69, 9.17) is 16.6 Å².